The average molecular weight is 481 g/mol. The quantitative estimate of drug-likeness (QED) is 0.218. The van der Waals surface area contributed by atoms with Crippen LogP contribution in [-0.2, 0) is 19.3 Å². The van der Waals surface area contributed by atoms with Gasteiger partial charge < -0.3 is 4.74 Å². The molecule has 0 saturated heterocycles. The fraction of sp³-hybridized carbons (Fsp3) is 0.267. The predicted octanol–water partition coefficient (Wildman–Crippen LogP) is 8.71. The molecule has 0 bridgehead atoms. The van der Waals surface area contributed by atoms with Gasteiger partial charge in [0.2, 0.25) is 0 Å². The molecule has 0 aromatic heterocycles. The van der Waals surface area contributed by atoms with Crippen molar-refractivity contribution in [2.75, 3.05) is 6.61 Å². The first-order chi connectivity index (χ1) is 16.8. The van der Waals surface area contributed by atoms with Crippen LogP contribution in [0.4, 0.5) is 17.6 Å². The van der Waals surface area contributed by atoms with Crippen LogP contribution in [0.3, 0.4) is 0 Å². The number of halogens is 4. The highest BCUT2D eigenvalue weighted by atomic mass is 19.4. The van der Waals surface area contributed by atoms with Crippen molar-refractivity contribution in [1.29, 1.82) is 0 Å². The molecule has 0 unspecified atom stereocenters. The van der Waals surface area contributed by atoms with Crippen LogP contribution in [0, 0.1) is 5.82 Å². The summed E-state index contributed by atoms with van der Waals surface area (Å²) in [5, 5.41) is 1.44. The molecule has 0 heterocycles. The second-order valence-corrected chi connectivity index (χ2v) is 8.82. The lowest BCUT2D eigenvalue weighted by atomic mass is 9.96. The van der Waals surface area contributed by atoms with Gasteiger partial charge in [0.05, 0.1) is 0 Å². The first kappa shape index (κ1) is 24.8. The maximum Gasteiger partial charge on any atom is 0.422 e. The zero-order valence-corrected chi connectivity index (χ0v) is 19.7. The van der Waals surface area contributed by atoms with E-state index in [2.05, 4.69) is 31.2 Å². The fourth-order valence-electron chi connectivity index (χ4n) is 4.15. The molecule has 0 radical (unpaired) electrons. The SMILES string of the molecule is CCCCc1ccc(-c2ccc3c(F)c(CCc4ccc(OCC(F)(F)F)cc4)ccc3c2)cc1. The first-order valence-electron chi connectivity index (χ1n) is 11.9. The van der Waals surface area contributed by atoms with E-state index in [1.54, 1.807) is 12.1 Å². The highest BCUT2D eigenvalue weighted by Gasteiger charge is 2.28. The highest BCUT2D eigenvalue weighted by Crippen LogP contribution is 2.29. The van der Waals surface area contributed by atoms with Crippen LogP contribution in [0.1, 0.15) is 36.5 Å². The molecular formula is C30H28F4O. The predicted molar refractivity (Wildman–Crippen MR) is 133 cm³/mol. The van der Waals surface area contributed by atoms with E-state index in [0.717, 1.165) is 28.5 Å². The lowest BCUT2D eigenvalue weighted by Gasteiger charge is -2.11. The zero-order valence-electron chi connectivity index (χ0n) is 19.7. The van der Waals surface area contributed by atoms with E-state index in [-0.39, 0.29) is 11.6 Å². The van der Waals surface area contributed by atoms with Gasteiger partial charge in [0.15, 0.2) is 6.61 Å². The summed E-state index contributed by atoms with van der Waals surface area (Å²) in [5.41, 5.74) is 5.01. The lowest BCUT2D eigenvalue weighted by molar-refractivity contribution is -0.153. The summed E-state index contributed by atoms with van der Waals surface area (Å²) < 4.78 is 56.8. The van der Waals surface area contributed by atoms with Crippen LogP contribution in [-0.4, -0.2) is 12.8 Å². The highest BCUT2D eigenvalue weighted by molar-refractivity contribution is 5.88. The van der Waals surface area contributed by atoms with E-state index in [0.29, 0.717) is 23.8 Å². The van der Waals surface area contributed by atoms with Gasteiger partial charge in [-0.25, -0.2) is 4.39 Å². The number of aryl methyl sites for hydroxylation is 3. The second-order valence-electron chi connectivity index (χ2n) is 8.82. The van der Waals surface area contributed by atoms with Gasteiger partial charge in [-0.05, 0) is 77.1 Å². The van der Waals surface area contributed by atoms with Crippen molar-refractivity contribution in [3.63, 3.8) is 0 Å². The third-order valence-corrected chi connectivity index (χ3v) is 6.15. The Kier molecular flexibility index (Phi) is 7.74. The second kappa shape index (κ2) is 10.9. The normalized spacial score (nSPS) is 11.7. The van der Waals surface area contributed by atoms with Crippen molar-refractivity contribution in [1.82, 2.24) is 0 Å². The van der Waals surface area contributed by atoms with Gasteiger partial charge in [0.1, 0.15) is 11.6 Å². The van der Waals surface area contributed by atoms with Crippen molar-refractivity contribution >= 4 is 10.8 Å². The average Bonchev–Trinajstić information content (AvgIpc) is 2.86. The molecule has 0 fully saturated rings. The molecule has 0 aliphatic heterocycles. The van der Waals surface area contributed by atoms with Gasteiger partial charge in [0, 0.05) is 5.39 Å². The van der Waals surface area contributed by atoms with E-state index in [9.17, 15) is 13.2 Å². The minimum absolute atomic E-state index is 0.161. The number of hydrogen-bond acceptors (Lipinski definition) is 1. The Morgan fingerprint density at radius 2 is 1.37 bits per heavy atom. The third kappa shape index (κ3) is 6.62. The third-order valence-electron chi connectivity index (χ3n) is 6.15. The number of fused-ring (bicyclic) bond motifs is 1. The molecule has 0 aliphatic carbocycles. The Hall–Kier alpha value is -3.34. The topological polar surface area (TPSA) is 9.23 Å². The van der Waals surface area contributed by atoms with Crippen molar-refractivity contribution in [3.8, 4) is 16.9 Å². The van der Waals surface area contributed by atoms with Crippen LogP contribution in [0.25, 0.3) is 21.9 Å². The van der Waals surface area contributed by atoms with Gasteiger partial charge in [-0.2, -0.15) is 13.2 Å². The molecule has 4 rings (SSSR count). The van der Waals surface area contributed by atoms with Gasteiger partial charge >= 0.3 is 6.18 Å². The number of ether oxygens (including phenoxy) is 1. The summed E-state index contributed by atoms with van der Waals surface area (Å²) in [5.74, 6) is -0.0662. The molecule has 0 aliphatic rings. The molecule has 0 amide bonds. The number of unbranched alkanes of at least 4 members (excludes halogenated alkanes) is 1. The number of alkyl halides is 3. The van der Waals surface area contributed by atoms with Crippen LogP contribution < -0.4 is 4.74 Å². The maximum atomic E-state index is 15.2. The zero-order chi connectivity index (χ0) is 24.8. The van der Waals surface area contributed by atoms with Crippen molar-refractivity contribution in [3.05, 3.63) is 101 Å². The van der Waals surface area contributed by atoms with E-state index in [1.807, 2.05) is 30.3 Å². The Morgan fingerprint density at radius 1 is 0.714 bits per heavy atom. The van der Waals surface area contributed by atoms with Gasteiger partial charge in [-0.3, -0.25) is 0 Å². The molecule has 0 saturated carbocycles. The Morgan fingerprint density at radius 3 is 2.06 bits per heavy atom. The molecule has 0 atom stereocenters. The van der Waals surface area contributed by atoms with Gasteiger partial charge in [-0.15, -0.1) is 0 Å². The fourth-order valence-corrected chi connectivity index (χ4v) is 4.15. The van der Waals surface area contributed by atoms with Gasteiger partial charge in [0.25, 0.3) is 0 Å². The first-order valence-corrected chi connectivity index (χ1v) is 11.9. The summed E-state index contributed by atoms with van der Waals surface area (Å²) in [6.07, 6.45) is 0.130. The van der Waals surface area contributed by atoms with Crippen molar-refractivity contribution in [2.45, 2.75) is 45.2 Å². The lowest BCUT2D eigenvalue weighted by Crippen LogP contribution is -2.19. The maximum absolute atomic E-state index is 15.2. The van der Waals surface area contributed by atoms with E-state index in [1.165, 1.54) is 30.5 Å². The van der Waals surface area contributed by atoms with Crippen molar-refractivity contribution in [2.24, 2.45) is 0 Å². The summed E-state index contributed by atoms with van der Waals surface area (Å²) in [4.78, 5) is 0. The van der Waals surface area contributed by atoms with E-state index < -0.39 is 12.8 Å². The van der Waals surface area contributed by atoms with Crippen LogP contribution in [0.2, 0.25) is 0 Å². The molecule has 4 aromatic rings. The Balaban J connectivity index is 1.43. The minimum Gasteiger partial charge on any atom is -0.484 e. The summed E-state index contributed by atoms with van der Waals surface area (Å²) >= 11 is 0. The Labute approximate surface area is 203 Å². The molecule has 0 N–H and O–H groups in total. The molecule has 35 heavy (non-hydrogen) atoms. The molecule has 4 aromatic carbocycles. The molecule has 5 heteroatoms. The largest absolute Gasteiger partial charge is 0.484 e. The molecule has 1 nitrogen and oxygen atoms in total. The standard InChI is InChI=1S/C30H28F4O/c1-2-3-4-21-5-10-23(11-6-21)25-15-18-28-26(19-25)14-13-24(29(28)31)12-7-22-8-16-27(17-9-22)35-20-30(32,33)34/h5-6,8-11,13-19H,2-4,7,12,20H2,1H3. The summed E-state index contributed by atoms with van der Waals surface area (Å²) in [7, 11) is 0. The van der Waals surface area contributed by atoms with E-state index >= 15 is 4.39 Å². The number of hydrogen-bond donors (Lipinski definition) is 0. The number of rotatable bonds is 9. The van der Waals surface area contributed by atoms with Crippen LogP contribution in [0.15, 0.2) is 78.9 Å². The van der Waals surface area contributed by atoms with E-state index in [4.69, 9.17) is 4.74 Å². The minimum atomic E-state index is -4.37. The van der Waals surface area contributed by atoms with Crippen molar-refractivity contribution < 1.29 is 22.3 Å². The smallest absolute Gasteiger partial charge is 0.422 e. The van der Waals surface area contributed by atoms with Gasteiger partial charge in [-0.1, -0.05) is 74.0 Å². The Bertz CT molecular complexity index is 1260. The molecule has 182 valence electrons. The van der Waals surface area contributed by atoms with Crippen LogP contribution in [0.5, 0.6) is 5.75 Å². The number of benzene rings is 4. The molecule has 0 spiro atoms. The molecular weight excluding hydrogens is 452 g/mol. The summed E-state index contributed by atoms with van der Waals surface area (Å²) in [6.45, 7) is 0.868. The summed E-state index contributed by atoms with van der Waals surface area (Å²) in [6, 6.07) is 24.6. The monoisotopic (exact) mass is 480 g/mol. The van der Waals surface area contributed by atoms with Crippen LogP contribution >= 0.6 is 0 Å².